The maximum Gasteiger partial charge on any atom is 0.311 e. The molecule has 1 atom stereocenters. The number of esters is 1. The molecule has 2 N–H and O–H groups in total. The van der Waals surface area contributed by atoms with Crippen molar-refractivity contribution in [2.75, 3.05) is 6.61 Å². The molecule has 0 spiro atoms. The van der Waals surface area contributed by atoms with Crippen LogP contribution >= 0.6 is 11.3 Å². The number of H-pyrrole nitrogens is 1. The van der Waals surface area contributed by atoms with Crippen LogP contribution in [-0.4, -0.2) is 27.7 Å². The number of benzene rings is 1. The third kappa shape index (κ3) is 6.20. The maximum atomic E-state index is 12.5. The van der Waals surface area contributed by atoms with Gasteiger partial charge in [0.2, 0.25) is 5.88 Å². The van der Waals surface area contributed by atoms with E-state index in [-0.39, 0.29) is 23.3 Å². The summed E-state index contributed by atoms with van der Waals surface area (Å²) in [4.78, 5) is 30.9. The van der Waals surface area contributed by atoms with Crippen LogP contribution in [0.4, 0.5) is 0 Å². The number of hydrogen-bond donors (Lipinski definition) is 2. The number of nitrogens with one attached hydrogen (secondary N) is 1. The van der Waals surface area contributed by atoms with Crippen LogP contribution in [0.5, 0.6) is 11.6 Å². The number of hydrogen-bond acceptors (Lipinski definition) is 7. The van der Waals surface area contributed by atoms with Crippen molar-refractivity contribution >= 4 is 17.3 Å². The molecule has 0 aliphatic heterocycles. The molecule has 0 aliphatic rings. The maximum absolute atomic E-state index is 12.5. The first-order valence-electron chi connectivity index (χ1n) is 10.4. The number of ether oxygens (including phenoxy) is 2. The van der Waals surface area contributed by atoms with E-state index < -0.39 is 11.5 Å². The zero-order chi connectivity index (χ0) is 23.3. The van der Waals surface area contributed by atoms with Gasteiger partial charge in [0.05, 0.1) is 10.3 Å². The van der Waals surface area contributed by atoms with Gasteiger partial charge in [-0.25, -0.2) is 0 Å². The summed E-state index contributed by atoms with van der Waals surface area (Å²) in [5.41, 5.74) is 2.03. The number of carbonyl (C=O) groups excluding carboxylic acids is 1. The first-order chi connectivity index (χ1) is 15.2. The lowest BCUT2D eigenvalue weighted by molar-refractivity contribution is -0.160. The molecule has 0 saturated carbocycles. The van der Waals surface area contributed by atoms with Crippen molar-refractivity contribution in [1.29, 1.82) is 0 Å². The Kier molecular flexibility index (Phi) is 7.35. The van der Waals surface area contributed by atoms with Crippen LogP contribution in [0.1, 0.15) is 55.5 Å². The van der Waals surface area contributed by atoms with Gasteiger partial charge in [-0.1, -0.05) is 36.5 Å². The topological polar surface area (TPSA) is 102 Å². The van der Waals surface area contributed by atoms with Gasteiger partial charge in [0.15, 0.2) is 6.10 Å². The minimum absolute atomic E-state index is 0.0912. The van der Waals surface area contributed by atoms with Crippen LogP contribution in [0.3, 0.4) is 0 Å². The van der Waals surface area contributed by atoms with Crippen molar-refractivity contribution < 1.29 is 19.4 Å². The van der Waals surface area contributed by atoms with E-state index in [2.05, 4.69) is 9.97 Å². The van der Waals surface area contributed by atoms with Crippen LogP contribution in [0.2, 0.25) is 0 Å². The highest BCUT2D eigenvalue weighted by atomic mass is 32.1. The molecule has 2 aromatic heterocycles. The average molecular weight is 457 g/mol. The molecule has 1 unspecified atom stereocenters. The highest BCUT2D eigenvalue weighted by molar-refractivity contribution is 7.09. The van der Waals surface area contributed by atoms with Crippen molar-refractivity contribution in [1.82, 2.24) is 9.97 Å². The van der Waals surface area contributed by atoms with E-state index in [9.17, 15) is 14.7 Å². The normalized spacial score (nSPS) is 12.4. The van der Waals surface area contributed by atoms with Crippen LogP contribution in [0.25, 0.3) is 0 Å². The summed E-state index contributed by atoms with van der Waals surface area (Å²) in [6.45, 7) is 7.61. The number of aromatic nitrogens is 2. The van der Waals surface area contributed by atoms with Gasteiger partial charge in [-0.15, -0.1) is 0 Å². The molecule has 0 aliphatic carbocycles. The second-order valence-corrected chi connectivity index (χ2v) is 9.57. The van der Waals surface area contributed by atoms with E-state index in [1.807, 2.05) is 64.1 Å². The molecule has 0 fully saturated rings. The summed E-state index contributed by atoms with van der Waals surface area (Å²) in [6, 6.07) is 11.2. The van der Waals surface area contributed by atoms with Crippen LogP contribution in [0, 0.1) is 5.41 Å². The highest BCUT2D eigenvalue weighted by Crippen LogP contribution is 2.26. The van der Waals surface area contributed by atoms with E-state index in [4.69, 9.17) is 9.47 Å². The molecular formula is C24H28N2O5S. The predicted octanol–water partition coefficient (Wildman–Crippen LogP) is 4.40. The zero-order valence-corrected chi connectivity index (χ0v) is 19.5. The van der Waals surface area contributed by atoms with Crippen LogP contribution in [-0.2, 0) is 22.4 Å². The first kappa shape index (κ1) is 23.5. The lowest BCUT2D eigenvalue weighted by Crippen LogP contribution is -2.27. The number of aromatic amines is 1. The van der Waals surface area contributed by atoms with Crippen molar-refractivity contribution in [2.45, 2.75) is 46.6 Å². The van der Waals surface area contributed by atoms with E-state index in [0.717, 1.165) is 34.6 Å². The highest BCUT2D eigenvalue weighted by Gasteiger charge is 2.27. The number of aryl methyl sites for hydroxylation is 1. The second kappa shape index (κ2) is 9.99. The van der Waals surface area contributed by atoms with E-state index in [1.165, 1.54) is 0 Å². The van der Waals surface area contributed by atoms with Gasteiger partial charge in [-0.05, 0) is 51.0 Å². The SMILES string of the molecule is CCc1ccc(C(COc2ccc(Cc3sc(=O)[nH]c3O)cc2)OC(=O)C(C)(C)C)cn1. The molecule has 0 saturated heterocycles. The molecule has 1 aromatic carbocycles. The van der Waals surface area contributed by atoms with Crippen molar-refractivity contribution in [2.24, 2.45) is 5.41 Å². The summed E-state index contributed by atoms with van der Waals surface area (Å²) in [7, 11) is 0. The van der Waals surface area contributed by atoms with Crippen molar-refractivity contribution in [3.63, 3.8) is 0 Å². The van der Waals surface area contributed by atoms with Gasteiger partial charge < -0.3 is 14.6 Å². The van der Waals surface area contributed by atoms with Crippen LogP contribution in [0.15, 0.2) is 47.4 Å². The molecule has 32 heavy (non-hydrogen) atoms. The van der Waals surface area contributed by atoms with Gasteiger partial charge >= 0.3 is 10.8 Å². The van der Waals surface area contributed by atoms with E-state index in [1.54, 1.807) is 6.20 Å². The molecule has 0 amide bonds. The lowest BCUT2D eigenvalue weighted by Gasteiger charge is -2.24. The number of aromatic hydroxyl groups is 1. The smallest absolute Gasteiger partial charge is 0.311 e. The summed E-state index contributed by atoms with van der Waals surface area (Å²) >= 11 is 0.989. The number of pyridine rings is 1. The Morgan fingerprint density at radius 2 is 1.91 bits per heavy atom. The average Bonchev–Trinajstić information content (AvgIpc) is 3.08. The predicted molar refractivity (Wildman–Crippen MR) is 123 cm³/mol. The Hall–Kier alpha value is -3.13. The number of nitrogens with zero attached hydrogens (tertiary/aromatic N) is 1. The Bertz CT molecular complexity index is 1100. The Labute approximate surface area is 191 Å². The van der Waals surface area contributed by atoms with Crippen molar-refractivity contribution in [3.8, 4) is 11.6 Å². The summed E-state index contributed by atoms with van der Waals surface area (Å²) in [5, 5.41) is 9.75. The van der Waals surface area contributed by atoms with Gasteiger partial charge in [-0.2, -0.15) is 0 Å². The van der Waals surface area contributed by atoms with Gasteiger partial charge in [-0.3, -0.25) is 19.6 Å². The molecule has 170 valence electrons. The van der Waals surface area contributed by atoms with Gasteiger partial charge in [0, 0.05) is 23.9 Å². The number of rotatable bonds is 8. The molecule has 3 rings (SSSR count). The largest absolute Gasteiger partial charge is 0.494 e. The second-order valence-electron chi connectivity index (χ2n) is 8.50. The minimum Gasteiger partial charge on any atom is -0.494 e. The zero-order valence-electron chi connectivity index (χ0n) is 18.7. The quantitative estimate of drug-likeness (QED) is 0.487. The summed E-state index contributed by atoms with van der Waals surface area (Å²) in [5.74, 6) is 0.216. The fraction of sp³-hybridized carbons (Fsp3) is 0.375. The summed E-state index contributed by atoms with van der Waals surface area (Å²) in [6.07, 6.45) is 2.40. The van der Waals surface area contributed by atoms with Gasteiger partial charge in [0.25, 0.3) is 0 Å². The fourth-order valence-corrected chi connectivity index (χ4v) is 3.63. The van der Waals surface area contributed by atoms with Crippen LogP contribution < -0.4 is 9.61 Å². The van der Waals surface area contributed by atoms with E-state index in [0.29, 0.717) is 17.0 Å². The Morgan fingerprint density at radius 3 is 2.44 bits per heavy atom. The molecule has 0 radical (unpaired) electrons. The lowest BCUT2D eigenvalue weighted by atomic mass is 9.97. The van der Waals surface area contributed by atoms with E-state index >= 15 is 0 Å². The molecule has 0 bridgehead atoms. The third-order valence-corrected chi connectivity index (χ3v) is 5.70. The number of carbonyl (C=O) groups is 1. The monoisotopic (exact) mass is 456 g/mol. The Balaban J connectivity index is 1.69. The van der Waals surface area contributed by atoms with Crippen molar-refractivity contribution in [3.05, 3.63) is 74.0 Å². The number of thiazole rings is 1. The Morgan fingerprint density at radius 1 is 1.19 bits per heavy atom. The molecule has 3 aromatic rings. The molecule has 2 heterocycles. The molecular weight excluding hydrogens is 428 g/mol. The first-order valence-corrected chi connectivity index (χ1v) is 11.3. The molecule has 8 heteroatoms. The summed E-state index contributed by atoms with van der Waals surface area (Å²) < 4.78 is 11.7. The van der Waals surface area contributed by atoms with Gasteiger partial charge in [0.1, 0.15) is 12.4 Å². The standard InChI is InChI=1S/C24H28N2O5S/c1-5-17-9-8-16(13-25-17)19(31-22(28)24(2,3)4)14-30-18-10-6-15(7-11-18)12-20-21(27)26-23(29)32-20/h6-11,13,19,27H,5,12,14H2,1-4H3,(H,26,29). The minimum atomic E-state index is -0.634. The molecule has 7 nitrogen and oxygen atoms in total. The third-order valence-electron chi connectivity index (χ3n) is 4.83. The fourth-order valence-electron chi connectivity index (χ4n) is 2.87.